The third kappa shape index (κ3) is 4.07. The summed E-state index contributed by atoms with van der Waals surface area (Å²) in [6.45, 7) is 4.09. The molecule has 2 aromatic carbocycles. The van der Waals surface area contributed by atoms with Crippen molar-refractivity contribution in [3.8, 4) is 11.4 Å². The van der Waals surface area contributed by atoms with Crippen molar-refractivity contribution < 1.29 is 9.53 Å². The number of rotatable bonds is 3. The molecule has 1 fully saturated rings. The quantitative estimate of drug-likeness (QED) is 0.570. The van der Waals surface area contributed by atoms with E-state index >= 15 is 0 Å². The summed E-state index contributed by atoms with van der Waals surface area (Å²) in [5.74, 6) is 1.70. The van der Waals surface area contributed by atoms with E-state index in [1.165, 1.54) is 0 Å². The molecule has 3 heterocycles. The molecule has 0 spiro atoms. The van der Waals surface area contributed by atoms with Crippen molar-refractivity contribution in [3.63, 3.8) is 0 Å². The van der Waals surface area contributed by atoms with Crippen LogP contribution in [0, 0.1) is 0 Å². The van der Waals surface area contributed by atoms with Gasteiger partial charge in [0.05, 0.1) is 31.0 Å². The van der Waals surface area contributed by atoms with Crippen molar-refractivity contribution in [2.45, 2.75) is 13.0 Å². The summed E-state index contributed by atoms with van der Waals surface area (Å²) >= 11 is 3.51. The Bertz CT molecular complexity index is 1100. The first kappa shape index (κ1) is 20.2. The zero-order valence-electron chi connectivity index (χ0n) is 17.1. The van der Waals surface area contributed by atoms with Crippen LogP contribution in [0.4, 0.5) is 5.82 Å². The number of hydrogen-bond donors (Lipinski definition) is 0. The summed E-state index contributed by atoms with van der Waals surface area (Å²) in [4.78, 5) is 27.3. The second-order valence-corrected chi connectivity index (χ2v) is 8.57. The normalized spacial score (nSPS) is 16.2. The third-order valence-corrected chi connectivity index (χ3v) is 6.46. The van der Waals surface area contributed by atoms with Gasteiger partial charge in [0, 0.05) is 41.7 Å². The molecule has 5 rings (SSSR count). The number of carbonyl (C=O) groups excluding carboxylic acids is 1. The first-order valence-corrected chi connectivity index (χ1v) is 11.3. The van der Waals surface area contributed by atoms with Crippen molar-refractivity contribution >= 4 is 27.7 Å². The van der Waals surface area contributed by atoms with Crippen LogP contribution in [-0.4, -0.2) is 53.6 Å². The number of benzene rings is 2. The van der Waals surface area contributed by atoms with Gasteiger partial charge in [0.15, 0.2) is 5.82 Å². The van der Waals surface area contributed by atoms with Gasteiger partial charge in [0.2, 0.25) is 0 Å². The van der Waals surface area contributed by atoms with Gasteiger partial charge in [-0.1, -0.05) is 42.5 Å². The van der Waals surface area contributed by atoms with Crippen LogP contribution in [0.5, 0.6) is 0 Å². The second kappa shape index (κ2) is 8.77. The molecule has 158 valence electrons. The minimum absolute atomic E-state index is 0.0261. The summed E-state index contributed by atoms with van der Waals surface area (Å²) in [5.41, 5.74) is 3.77. The van der Waals surface area contributed by atoms with Gasteiger partial charge in [-0.15, -0.1) is 0 Å². The summed E-state index contributed by atoms with van der Waals surface area (Å²) < 4.78 is 6.37. The molecule has 6 nitrogen and oxygen atoms in total. The Kier molecular flexibility index (Phi) is 5.70. The van der Waals surface area contributed by atoms with Crippen LogP contribution in [0.3, 0.4) is 0 Å². The lowest BCUT2D eigenvalue weighted by molar-refractivity contribution is 0.0732. The smallest absolute Gasteiger partial charge is 0.255 e. The van der Waals surface area contributed by atoms with Gasteiger partial charge < -0.3 is 14.5 Å². The van der Waals surface area contributed by atoms with Gasteiger partial charge in [-0.2, -0.15) is 0 Å². The van der Waals surface area contributed by atoms with Crippen molar-refractivity contribution in [2.24, 2.45) is 0 Å². The van der Waals surface area contributed by atoms with E-state index in [4.69, 9.17) is 14.7 Å². The van der Waals surface area contributed by atoms with E-state index in [-0.39, 0.29) is 5.91 Å². The van der Waals surface area contributed by atoms with Crippen LogP contribution in [0.15, 0.2) is 59.1 Å². The molecule has 3 aromatic rings. The maximum Gasteiger partial charge on any atom is 0.255 e. The number of nitrogens with zero attached hydrogens (tertiary/aromatic N) is 4. The van der Waals surface area contributed by atoms with E-state index in [2.05, 4.69) is 20.8 Å². The van der Waals surface area contributed by atoms with Crippen molar-refractivity contribution in [3.05, 3.63) is 75.9 Å². The molecule has 0 aliphatic carbocycles. The highest BCUT2D eigenvalue weighted by Gasteiger charge is 2.29. The largest absolute Gasteiger partial charge is 0.378 e. The number of ether oxygens (including phenoxy) is 1. The number of anilines is 1. The molecule has 0 saturated carbocycles. The van der Waals surface area contributed by atoms with E-state index in [0.29, 0.717) is 38.3 Å². The first-order valence-electron chi connectivity index (χ1n) is 10.5. The van der Waals surface area contributed by atoms with Gasteiger partial charge >= 0.3 is 0 Å². The summed E-state index contributed by atoms with van der Waals surface area (Å²) in [6, 6.07) is 17.7. The fraction of sp³-hybridized carbons (Fsp3) is 0.292. The van der Waals surface area contributed by atoms with E-state index in [9.17, 15) is 4.79 Å². The predicted octanol–water partition coefficient (Wildman–Crippen LogP) is 3.94. The number of fused-ring (bicyclic) bond motifs is 1. The standard InChI is InChI=1S/C24H23BrN4O2/c25-20-9-5-4-8-18(20)24(30)29-11-10-21-19(16-29)23(28-12-14-31-15-13-28)27-22(26-21)17-6-2-1-3-7-17/h1-9H,10-16H2. The Morgan fingerprint density at radius 2 is 1.68 bits per heavy atom. The minimum atomic E-state index is 0.0261. The average Bonchev–Trinajstić information content (AvgIpc) is 2.84. The third-order valence-electron chi connectivity index (χ3n) is 5.77. The number of hydrogen-bond acceptors (Lipinski definition) is 5. The van der Waals surface area contributed by atoms with Gasteiger partial charge in [-0.3, -0.25) is 4.79 Å². The molecule has 0 unspecified atom stereocenters. The molecular weight excluding hydrogens is 456 g/mol. The Labute approximate surface area is 190 Å². The van der Waals surface area contributed by atoms with Crippen LogP contribution in [0.25, 0.3) is 11.4 Å². The Balaban J connectivity index is 1.53. The van der Waals surface area contributed by atoms with E-state index in [0.717, 1.165) is 46.0 Å². The van der Waals surface area contributed by atoms with Crippen LogP contribution in [0.1, 0.15) is 21.6 Å². The van der Waals surface area contributed by atoms with Crippen LogP contribution >= 0.6 is 15.9 Å². The lowest BCUT2D eigenvalue weighted by Gasteiger charge is -2.34. The molecule has 0 atom stereocenters. The van der Waals surface area contributed by atoms with Crippen LogP contribution < -0.4 is 4.90 Å². The number of aromatic nitrogens is 2. The maximum atomic E-state index is 13.2. The lowest BCUT2D eigenvalue weighted by Crippen LogP contribution is -2.41. The van der Waals surface area contributed by atoms with Gasteiger partial charge in [0.1, 0.15) is 5.82 Å². The summed E-state index contributed by atoms with van der Waals surface area (Å²) in [6.07, 6.45) is 0.714. The van der Waals surface area contributed by atoms with Crippen molar-refractivity contribution in [1.29, 1.82) is 0 Å². The predicted molar refractivity (Wildman–Crippen MR) is 123 cm³/mol. The molecule has 31 heavy (non-hydrogen) atoms. The van der Waals surface area contributed by atoms with Crippen LogP contribution in [0.2, 0.25) is 0 Å². The summed E-state index contributed by atoms with van der Waals surface area (Å²) in [7, 11) is 0. The topological polar surface area (TPSA) is 58.6 Å². The first-order chi connectivity index (χ1) is 15.2. The summed E-state index contributed by atoms with van der Waals surface area (Å²) in [5, 5.41) is 0. The molecular formula is C24H23BrN4O2. The van der Waals surface area contributed by atoms with Gasteiger partial charge in [-0.05, 0) is 28.1 Å². The number of amides is 1. The molecule has 1 saturated heterocycles. The monoisotopic (exact) mass is 478 g/mol. The maximum absolute atomic E-state index is 13.2. The molecule has 0 bridgehead atoms. The number of halogens is 1. The Morgan fingerprint density at radius 1 is 0.935 bits per heavy atom. The highest BCUT2D eigenvalue weighted by atomic mass is 79.9. The fourth-order valence-electron chi connectivity index (χ4n) is 4.13. The van der Waals surface area contributed by atoms with Gasteiger partial charge in [-0.25, -0.2) is 9.97 Å². The van der Waals surface area contributed by atoms with E-state index < -0.39 is 0 Å². The molecule has 2 aliphatic rings. The minimum Gasteiger partial charge on any atom is -0.378 e. The lowest BCUT2D eigenvalue weighted by atomic mass is 10.0. The van der Waals surface area contributed by atoms with E-state index in [1.807, 2.05) is 59.5 Å². The number of morpholine rings is 1. The van der Waals surface area contributed by atoms with Crippen molar-refractivity contribution in [1.82, 2.24) is 14.9 Å². The SMILES string of the molecule is O=C(c1ccccc1Br)N1CCc2nc(-c3ccccc3)nc(N3CCOCC3)c2C1. The Morgan fingerprint density at radius 3 is 2.45 bits per heavy atom. The van der Waals surface area contributed by atoms with Crippen molar-refractivity contribution in [2.75, 3.05) is 37.7 Å². The molecule has 0 radical (unpaired) electrons. The number of carbonyl (C=O) groups is 1. The molecule has 7 heteroatoms. The zero-order chi connectivity index (χ0) is 21.2. The fourth-order valence-corrected chi connectivity index (χ4v) is 4.58. The van der Waals surface area contributed by atoms with Gasteiger partial charge in [0.25, 0.3) is 5.91 Å². The Hall–Kier alpha value is -2.77. The highest BCUT2D eigenvalue weighted by Crippen LogP contribution is 2.31. The average molecular weight is 479 g/mol. The molecule has 1 aromatic heterocycles. The highest BCUT2D eigenvalue weighted by molar-refractivity contribution is 9.10. The zero-order valence-corrected chi connectivity index (χ0v) is 18.7. The van der Waals surface area contributed by atoms with Crippen LogP contribution in [-0.2, 0) is 17.7 Å². The molecule has 2 aliphatic heterocycles. The van der Waals surface area contributed by atoms with E-state index in [1.54, 1.807) is 0 Å². The molecule has 1 amide bonds. The second-order valence-electron chi connectivity index (χ2n) is 7.72. The molecule has 0 N–H and O–H groups in total.